The number of nitrogens with zero attached hydrogens (tertiary/aromatic N) is 2. The monoisotopic (exact) mass is 367 g/mol. The molecule has 1 aromatic heterocycles. The summed E-state index contributed by atoms with van der Waals surface area (Å²) in [6.45, 7) is 1.78. The molecule has 0 radical (unpaired) electrons. The zero-order valence-electron chi connectivity index (χ0n) is 14.4. The Labute approximate surface area is 155 Å². The van der Waals surface area contributed by atoms with Crippen molar-refractivity contribution in [3.05, 3.63) is 81.4 Å². The standard InChI is InChI=1S/C20H18ClN3O2/c1-13(22-18(25)11-8-14-6-4-3-5-7-14)19-23-17-12-15(21)9-10-16(17)20(26)24(19)2/h3-13H,1-2H3,(H,22,25). The lowest BCUT2D eigenvalue weighted by atomic mass is 10.2. The number of halogens is 1. The van der Waals surface area contributed by atoms with Crippen LogP contribution in [0, 0.1) is 0 Å². The van der Waals surface area contributed by atoms with Crippen molar-refractivity contribution in [2.75, 3.05) is 0 Å². The normalized spacial score (nSPS) is 12.4. The first-order chi connectivity index (χ1) is 12.5. The average molecular weight is 368 g/mol. The number of carbonyl (C=O) groups excluding carboxylic acids is 1. The van der Waals surface area contributed by atoms with Gasteiger partial charge >= 0.3 is 0 Å². The maximum absolute atomic E-state index is 12.5. The van der Waals surface area contributed by atoms with Crippen LogP contribution in [0.15, 0.2) is 59.4 Å². The maximum atomic E-state index is 12.5. The van der Waals surface area contributed by atoms with Gasteiger partial charge in [-0.25, -0.2) is 4.98 Å². The van der Waals surface area contributed by atoms with Crippen LogP contribution in [0.1, 0.15) is 24.4 Å². The van der Waals surface area contributed by atoms with E-state index in [9.17, 15) is 9.59 Å². The summed E-state index contributed by atoms with van der Waals surface area (Å²) in [5.41, 5.74) is 1.26. The molecule has 26 heavy (non-hydrogen) atoms. The van der Waals surface area contributed by atoms with Crippen LogP contribution in [-0.2, 0) is 11.8 Å². The molecule has 0 saturated heterocycles. The van der Waals surface area contributed by atoms with Crippen molar-refractivity contribution in [2.45, 2.75) is 13.0 Å². The summed E-state index contributed by atoms with van der Waals surface area (Å²) < 4.78 is 1.45. The molecule has 132 valence electrons. The van der Waals surface area contributed by atoms with Crippen LogP contribution in [0.2, 0.25) is 5.02 Å². The molecule has 1 atom stereocenters. The Hall–Kier alpha value is -2.92. The molecule has 0 fully saturated rings. The summed E-state index contributed by atoms with van der Waals surface area (Å²) in [4.78, 5) is 29.2. The van der Waals surface area contributed by atoms with Crippen LogP contribution in [0.3, 0.4) is 0 Å². The van der Waals surface area contributed by atoms with Crippen LogP contribution in [0.4, 0.5) is 0 Å². The molecule has 3 rings (SSSR count). The Kier molecular flexibility index (Phi) is 5.19. The quantitative estimate of drug-likeness (QED) is 0.718. The van der Waals surface area contributed by atoms with Crippen molar-refractivity contribution < 1.29 is 4.79 Å². The van der Waals surface area contributed by atoms with Crippen molar-refractivity contribution in [3.63, 3.8) is 0 Å². The Balaban J connectivity index is 1.84. The molecule has 0 aliphatic heterocycles. The number of benzene rings is 2. The molecule has 1 heterocycles. The lowest BCUT2D eigenvalue weighted by molar-refractivity contribution is -0.117. The molecule has 6 heteroatoms. The lowest BCUT2D eigenvalue weighted by Gasteiger charge is -2.16. The van der Waals surface area contributed by atoms with Crippen LogP contribution >= 0.6 is 11.6 Å². The molecule has 1 amide bonds. The van der Waals surface area contributed by atoms with Gasteiger partial charge in [0, 0.05) is 18.1 Å². The molecule has 1 unspecified atom stereocenters. The van der Waals surface area contributed by atoms with E-state index in [1.54, 1.807) is 38.2 Å². The largest absolute Gasteiger partial charge is 0.343 e. The van der Waals surface area contributed by atoms with Gasteiger partial charge in [0.15, 0.2) is 0 Å². The highest BCUT2D eigenvalue weighted by atomic mass is 35.5. The fourth-order valence-corrected chi connectivity index (χ4v) is 2.88. The zero-order valence-corrected chi connectivity index (χ0v) is 15.2. The van der Waals surface area contributed by atoms with E-state index in [-0.39, 0.29) is 11.5 Å². The molecule has 3 aromatic rings. The van der Waals surface area contributed by atoms with Gasteiger partial charge in [-0.1, -0.05) is 41.9 Å². The highest BCUT2D eigenvalue weighted by molar-refractivity contribution is 6.31. The highest BCUT2D eigenvalue weighted by Gasteiger charge is 2.15. The molecule has 2 aromatic carbocycles. The summed E-state index contributed by atoms with van der Waals surface area (Å²) in [5.74, 6) is 0.202. The molecule has 5 nitrogen and oxygen atoms in total. The summed E-state index contributed by atoms with van der Waals surface area (Å²) in [6, 6.07) is 14.1. The van der Waals surface area contributed by atoms with Crippen molar-refractivity contribution in [1.29, 1.82) is 0 Å². The van der Waals surface area contributed by atoms with E-state index in [0.29, 0.717) is 21.7 Å². The second-order valence-corrected chi connectivity index (χ2v) is 6.41. The zero-order chi connectivity index (χ0) is 18.7. The number of fused-ring (bicyclic) bond motifs is 1. The summed E-state index contributed by atoms with van der Waals surface area (Å²) >= 11 is 6.00. The van der Waals surface area contributed by atoms with Crippen LogP contribution < -0.4 is 10.9 Å². The molecular weight excluding hydrogens is 350 g/mol. The Morgan fingerprint density at radius 1 is 1.23 bits per heavy atom. The predicted molar refractivity (Wildman–Crippen MR) is 104 cm³/mol. The van der Waals surface area contributed by atoms with Crippen molar-refractivity contribution >= 4 is 34.5 Å². The highest BCUT2D eigenvalue weighted by Crippen LogP contribution is 2.17. The van der Waals surface area contributed by atoms with Gasteiger partial charge in [-0.3, -0.25) is 14.2 Å². The van der Waals surface area contributed by atoms with Crippen molar-refractivity contribution in [2.24, 2.45) is 7.05 Å². The molecule has 0 aliphatic rings. The Morgan fingerprint density at radius 2 is 1.96 bits per heavy atom. The number of carbonyl (C=O) groups is 1. The number of hydrogen-bond acceptors (Lipinski definition) is 3. The number of rotatable bonds is 4. The first-order valence-corrected chi connectivity index (χ1v) is 8.53. The Bertz CT molecular complexity index is 1040. The maximum Gasteiger partial charge on any atom is 0.261 e. The molecular formula is C20H18ClN3O2. The molecule has 0 saturated carbocycles. The molecule has 0 spiro atoms. The number of hydrogen-bond donors (Lipinski definition) is 1. The Morgan fingerprint density at radius 3 is 2.69 bits per heavy atom. The van der Waals surface area contributed by atoms with Crippen molar-refractivity contribution in [1.82, 2.24) is 14.9 Å². The summed E-state index contributed by atoms with van der Waals surface area (Å²) in [5, 5.41) is 3.83. The molecule has 1 N–H and O–H groups in total. The fraction of sp³-hybridized carbons (Fsp3) is 0.150. The number of amides is 1. The van der Waals surface area contributed by atoms with Crippen molar-refractivity contribution in [3.8, 4) is 0 Å². The van der Waals surface area contributed by atoms with Gasteiger partial charge in [0.2, 0.25) is 5.91 Å². The van der Waals surface area contributed by atoms with Gasteiger partial charge < -0.3 is 5.32 Å². The smallest absolute Gasteiger partial charge is 0.261 e. The second-order valence-electron chi connectivity index (χ2n) is 5.97. The average Bonchev–Trinajstić information content (AvgIpc) is 2.63. The van der Waals surface area contributed by atoms with E-state index in [1.165, 1.54) is 10.6 Å². The van der Waals surface area contributed by atoms with E-state index in [4.69, 9.17) is 11.6 Å². The SMILES string of the molecule is CC(NC(=O)C=Cc1ccccc1)c1nc2cc(Cl)ccc2c(=O)n1C. The number of nitrogens with one attached hydrogen (secondary N) is 1. The number of aromatic nitrogens is 2. The van der Waals surface area contributed by atoms with Gasteiger partial charge in [0.25, 0.3) is 5.56 Å². The predicted octanol–water partition coefficient (Wildman–Crippen LogP) is 3.48. The van der Waals surface area contributed by atoms with Gasteiger partial charge in [-0.2, -0.15) is 0 Å². The minimum atomic E-state index is -0.441. The van der Waals surface area contributed by atoms with Gasteiger partial charge in [-0.05, 0) is 36.8 Å². The van der Waals surface area contributed by atoms with Gasteiger partial charge in [-0.15, -0.1) is 0 Å². The van der Waals surface area contributed by atoms with E-state index >= 15 is 0 Å². The van der Waals surface area contributed by atoms with E-state index in [2.05, 4.69) is 10.3 Å². The van der Waals surface area contributed by atoms with Crippen LogP contribution in [0.5, 0.6) is 0 Å². The third-order valence-electron chi connectivity index (χ3n) is 4.05. The third-order valence-corrected chi connectivity index (χ3v) is 4.28. The molecule has 0 bridgehead atoms. The third kappa shape index (κ3) is 3.83. The van der Waals surface area contributed by atoms with E-state index < -0.39 is 6.04 Å². The van der Waals surface area contributed by atoms with Crippen LogP contribution in [-0.4, -0.2) is 15.5 Å². The first-order valence-electron chi connectivity index (χ1n) is 8.15. The van der Waals surface area contributed by atoms with Crippen LogP contribution in [0.25, 0.3) is 17.0 Å². The fourth-order valence-electron chi connectivity index (χ4n) is 2.71. The summed E-state index contributed by atoms with van der Waals surface area (Å²) in [7, 11) is 1.64. The first kappa shape index (κ1) is 17.9. The second kappa shape index (κ2) is 7.54. The minimum absolute atomic E-state index is 0.178. The molecule has 0 aliphatic carbocycles. The van der Waals surface area contributed by atoms with E-state index in [1.807, 2.05) is 30.3 Å². The van der Waals surface area contributed by atoms with Gasteiger partial charge in [0.1, 0.15) is 5.82 Å². The summed E-state index contributed by atoms with van der Waals surface area (Å²) in [6.07, 6.45) is 3.19. The minimum Gasteiger partial charge on any atom is -0.343 e. The lowest BCUT2D eigenvalue weighted by Crippen LogP contribution is -2.31. The topological polar surface area (TPSA) is 64.0 Å². The van der Waals surface area contributed by atoms with Gasteiger partial charge in [0.05, 0.1) is 16.9 Å². The van der Waals surface area contributed by atoms with E-state index in [0.717, 1.165) is 5.56 Å².